The number of hydrogen-bond acceptors (Lipinski definition) is 5. The average Bonchev–Trinajstić information content (AvgIpc) is 3.23. The third-order valence-corrected chi connectivity index (χ3v) is 4.15. The molecule has 3 heterocycles. The minimum Gasteiger partial charge on any atom is -0.356 e. The van der Waals surface area contributed by atoms with Gasteiger partial charge in [0.1, 0.15) is 5.69 Å². The molecule has 0 saturated heterocycles. The molecule has 0 bridgehead atoms. The van der Waals surface area contributed by atoms with E-state index in [-0.39, 0.29) is 12.5 Å². The van der Waals surface area contributed by atoms with Crippen molar-refractivity contribution in [2.24, 2.45) is 0 Å². The minimum atomic E-state index is -0.394. The lowest BCUT2D eigenvalue weighted by atomic mass is 10.1. The molecular weight excluding hydrogens is 334 g/mol. The summed E-state index contributed by atoms with van der Waals surface area (Å²) in [4.78, 5) is 24.0. The fraction of sp³-hybridized carbons (Fsp3) is 0.111. The first-order chi connectivity index (χ1) is 12.6. The van der Waals surface area contributed by atoms with E-state index >= 15 is 0 Å². The van der Waals surface area contributed by atoms with E-state index in [1.807, 2.05) is 37.3 Å². The second-order valence-corrected chi connectivity index (χ2v) is 5.81. The molecule has 4 rings (SSSR count). The van der Waals surface area contributed by atoms with Crippen LogP contribution in [0.5, 0.6) is 0 Å². The lowest BCUT2D eigenvalue weighted by molar-refractivity contribution is 0.0949. The highest BCUT2D eigenvalue weighted by molar-refractivity contribution is 5.94. The second kappa shape index (κ2) is 6.32. The van der Waals surface area contributed by atoms with E-state index in [1.165, 1.54) is 10.6 Å². The van der Waals surface area contributed by atoms with E-state index < -0.39 is 5.69 Å². The van der Waals surface area contributed by atoms with Crippen molar-refractivity contribution >= 4 is 11.6 Å². The van der Waals surface area contributed by atoms with Crippen LogP contribution in [0.4, 0.5) is 0 Å². The molecule has 1 amide bonds. The summed E-state index contributed by atoms with van der Waals surface area (Å²) in [5.74, 6) is 0.366. The molecule has 26 heavy (non-hydrogen) atoms. The summed E-state index contributed by atoms with van der Waals surface area (Å²) in [6.07, 6.45) is 1.45. The number of nitrogens with one attached hydrogen (secondary N) is 2. The van der Waals surface area contributed by atoms with Crippen LogP contribution < -0.4 is 11.0 Å². The Bertz CT molecular complexity index is 1140. The van der Waals surface area contributed by atoms with Gasteiger partial charge in [-0.1, -0.05) is 35.5 Å². The molecule has 8 heteroatoms. The highest BCUT2D eigenvalue weighted by Gasteiger charge is 2.15. The van der Waals surface area contributed by atoms with Crippen LogP contribution >= 0.6 is 0 Å². The van der Waals surface area contributed by atoms with Crippen LogP contribution in [0.15, 0.2) is 58.0 Å². The Hall–Kier alpha value is -3.68. The SMILES string of the molecule is Cc1c(CNC(=O)c2ccc3n[nH]c(=O)n3c2)noc1-c1ccccc1. The van der Waals surface area contributed by atoms with Gasteiger partial charge in [0.2, 0.25) is 0 Å². The molecule has 0 aliphatic carbocycles. The van der Waals surface area contributed by atoms with Crippen molar-refractivity contribution in [2.45, 2.75) is 13.5 Å². The van der Waals surface area contributed by atoms with Crippen LogP contribution in [0.2, 0.25) is 0 Å². The molecule has 130 valence electrons. The summed E-state index contributed by atoms with van der Waals surface area (Å²) in [5, 5.41) is 13.0. The van der Waals surface area contributed by atoms with Gasteiger partial charge in [0.05, 0.1) is 12.1 Å². The first kappa shape index (κ1) is 15.8. The largest absolute Gasteiger partial charge is 0.356 e. The summed E-state index contributed by atoms with van der Waals surface area (Å²) in [7, 11) is 0. The maximum absolute atomic E-state index is 12.4. The number of carbonyl (C=O) groups is 1. The topological polar surface area (TPSA) is 105 Å². The van der Waals surface area contributed by atoms with Gasteiger partial charge >= 0.3 is 5.69 Å². The van der Waals surface area contributed by atoms with Crippen LogP contribution in [-0.2, 0) is 6.54 Å². The Morgan fingerprint density at radius 3 is 2.85 bits per heavy atom. The molecule has 0 atom stereocenters. The maximum atomic E-state index is 12.4. The Labute approximate surface area is 147 Å². The number of aromatic nitrogens is 4. The predicted octanol–water partition coefficient (Wildman–Crippen LogP) is 1.92. The molecule has 0 fully saturated rings. The number of H-pyrrole nitrogens is 1. The van der Waals surface area contributed by atoms with Crippen LogP contribution in [0.3, 0.4) is 0 Å². The Balaban J connectivity index is 1.51. The van der Waals surface area contributed by atoms with Crippen LogP contribution in [0, 0.1) is 6.92 Å². The van der Waals surface area contributed by atoms with Crippen molar-refractivity contribution in [1.82, 2.24) is 25.1 Å². The van der Waals surface area contributed by atoms with Gasteiger partial charge in [-0.3, -0.25) is 4.79 Å². The second-order valence-electron chi connectivity index (χ2n) is 5.81. The first-order valence-electron chi connectivity index (χ1n) is 7.99. The quantitative estimate of drug-likeness (QED) is 0.585. The van der Waals surface area contributed by atoms with Crippen molar-refractivity contribution in [3.05, 3.63) is 76.0 Å². The van der Waals surface area contributed by atoms with Crippen molar-refractivity contribution in [2.75, 3.05) is 0 Å². The van der Waals surface area contributed by atoms with E-state index in [9.17, 15) is 9.59 Å². The molecular formula is C18H15N5O3. The van der Waals surface area contributed by atoms with Gasteiger partial charge in [-0.15, -0.1) is 0 Å². The zero-order chi connectivity index (χ0) is 18.1. The molecule has 0 aliphatic rings. The van der Waals surface area contributed by atoms with Crippen molar-refractivity contribution < 1.29 is 9.32 Å². The zero-order valence-corrected chi connectivity index (χ0v) is 13.9. The molecule has 2 N–H and O–H groups in total. The smallest absolute Gasteiger partial charge is 0.347 e. The fourth-order valence-corrected chi connectivity index (χ4v) is 2.70. The summed E-state index contributed by atoms with van der Waals surface area (Å²) in [5.41, 5.74) is 2.86. The number of carbonyl (C=O) groups excluding carboxylic acids is 1. The molecule has 3 aromatic heterocycles. The van der Waals surface area contributed by atoms with Crippen molar-refractivity contribution in [3.63, 3.8) is 0 Å². The number of pyridine rings is 1. The predicted molar refractivity (Wildman–Crippen MR) is 93.7 cm³/mol. The number of aromatic amines is 1. The molecule has 0 saturated carbocycles. The Kier molecular flexibility index (Phi) is 3.85. The van der Waals surface area contributed by atoms with Gasteiger partial charge in [-0.2, -0.15) is 5.10 Å². The lowest BCUT2D eigenvalue weighted by Gasteiger charge is -2.04. The fourth-order valence-electron chi connectivity index (χ4n) is 2.70. The third kappa shape index (κ3) is 2.77. The van der Waals surface area contributed by atoms with Crippen LogP contribution in [0.1, 0.15) is 21.6 Å². The summed E-state index contributed by atoms with van der Waals surface area (Å²) < 4.78 is 6.70. The van der Waals surface area contributed by atoms with Crippen LogP contribution in [0.25, 0.3) is 17.0 Å². The van der Waals surface area contributed by atoms with E-state index in [4.69, 9.17) is 4.52 Å². The van der Waals surface area contributed by atoms with Gasteiger partial charge in [0.15, 0.2) is 11.4 Å². The first-order valence-corrected chi connectivity index (χ1v) is 7.99. The Morgan fingerprint density at radius 2 is 2.04 bits per heavy atom. The summed E-state index contributed by atoms with van der Waals surface area (Å²) in [6.45, 7) is 2.12. The number of nitrogens with zero attached hydrogens (tertiary/aromatic N) is 3. The highest BCUT2D eigenvalue weighted by atomic mass is 16.5. The summed E-state index contributed by atoms with van der Waals surface area (Å²) in [6, 6.07) is 12.9. The molecule has 0 aliphatic heterocycles. The summed E-state index contributed by atoms with van der Waals surface area (Å²) >= 11 is 0. The number of amides is 1. The van der Waals surface area contributed by atoms with Gasteiger partial charge in [0, 0.05) is 17.3 Å². The van der Waals surface area contributed by atoms with Gasteiger partial charge in [-0.05, 0) is 19.1 Å². The van der Waals surface area contributed by atoms with Gasteiger partial charge in [-0.25, -0.2) is 14.3 Å². The number of fused-ring (bicyclic) bond motifs is 1. The normalized spacial score (nSPS) is 11.0. The van der Waals surface area contributed by atoms with Gasteiger partial charge in [0.25, 0.3) is 5.91 Å². The van der Waals surface area contributed by atoms with Crippen molar-refractivity contribution in [1.29, 1.82) is 0 Å². The number of rotatable bonds is 4. The number of benzene rings is 1. The van der Waals surface area contributed by atoms with E-state index in [2.05, 4.69) is 20.7 Å². The monoisotopic (exact) mass is 349 g/mol. The maximum Gasteiger partial charge on any atom is 0.347 e. The zero-order valence-electron chi connectivity index (χ0n) is 13.9. The standard InChI is InChI=1S/C18H15N5O3/c1-11-14(22-26-16(11)12-5-3-2-4-6-12)9-19-17(24)13-7-8-15-20-21-18(25)23(15)10-13/h2-8,10H,9H2,1H3,(H,19,24)(H,21,25). The lowest BCUT2D eigenvalue weighted by Crippen LogP contribution is -2.24. The molecule has 0 radical (unpaired) electrons. The molecule has 0 unspecified atom stereocenters. The highest BCUT2D eigenvalue weighted by Crippen LogP contribution is 2.25. The van der Waals surface area contributed by atoms with Crippen molar-refractivity contribution in [3.8, 4) is 11.3 Å². The van der Waals surface area contributed by atoms with Gasteiger partial charge < -0.3 is 9.84 Å². The van der Waals surface area contributed by atoms with E-state index in [0.29, 0.717) is 22.7 Å². The molecule has 4 aromatic rings. The molecule has 0 spiro atoms. The Morgan fingerprint density at radius 1 is 1.23 bits per heavy atom. The third-order valence-electron chi connectivity index (χ3n) is 4.15. The number of hydrogen-bond donors (Lipinski definition) is 2. The van der Waals surface area contributed by atoms with Crippen LogP contribution in [-0.4, -0.2) is 25.7 Å². The average molecular weight is 349 g/mol. The molecule has 1 aromatic carbocycles. The minimum absolute atomic E-state index is 0.222. The van der Waals surface area contributed by atoms with E-state index in [1.54, 1.807) is 12.1 Å². The van der Waals surface area contributed by atoms with E-state index in [0.717, 1.165) is 11.1 Å². The molecule has 8 nitrogen and oxygen atoms in total.